The molecule has 1 N–H and O–H groups in total. The fourth-order valence-electron chi connectivity index (χ4n) is 2.95. The molecule has 0 unspecified atom stereocenters. The molecule has 1 amide bonds. The summed E-state index contributed by atoms with van der Waals surface area (Å²) in [5.41, 5.74) is 2.32. The first-order valence-corrected chi connectivity index (χ1v) is 8.03. The number of nitrogens with one attached hydrogen (secondary N) is 1. The van der Waals surface area contributed by atoms with Crippen molar-refractivity contribution in [3.8, 4) is 11.5 Å². The lowest BCUT2D eigenvalue weighted by molar-refractivity contribution is 0.0951. The Morgan fingerprint density at radius 3 is 3.04 bits per heavy atom. The van der Waals surface area contributed by atoms with Crippen LogP contribution in [0.3, 0.4) is 0 Å². The molecule has 1 aliphatic heterocycles. The van der Waals surface area contributed by atoms with Crippen LogP contribution < -0.4 is 14.8 Å². The molecule has 0 saturated carbocycles. The van der Waals surface area contributed by atoms with E-state index >= 15 is 0 Å². The van der Waals surface area contributed by atoms with Gasteiger partial charge in [-0.3, -0.25) is 9.20 Å². The van der Waals surface area contributed by atoms with Gasteiger partial charge in [-0.15, -0.1) is 10.2 Å². The van der Waals surface area contributed by atoms with Gasteiger partial charge in [0.2, 0.25) is 6.79 Å². The summed E-state index contributed by atoms with van der Waals surface area (Å²) >= 11 is 0. The van der Waals surface area contributed by atoms with E-state index in [4.69, 9.17) is 9.47 Å². The molecule has 26 heavy (non-hydrogen) atoms. The fraction of sp³-hybridized carbons (Fsp3) is 0.111. The summed E-state index contributed by atoms with van der Waals surface area (Å²) in [5, 5.41) is 11.6. The Balaban J connectivity index is 1.39. The Kier molecular flexibility index (Phi) is 3.21. The van der Waals surface area contributed by atoms with Crippen LogP contribution in [0, 0.1) is 0 Å². The van der Waals surface area contributed by atoms with Crippen LogP contribution in [0.2, 0.25) is 0 Å². The SMILES string of the molecule is O=C(NCc1ccc2c(c1)OCO2)c1ccc2cnc3nncn3c2c1. The number of benzene rings is 2. The number of hydrogen-bond donors (Lipinski definition) is 1. The van der Waals surface area contributed by atoms with Gasteiger partial charge >= 0.3 is 0 Å². The molecule has 1 aliphatic rings. The predicted molar refractivity (Wildman–Crippen MR) is 92.0 cm³/mol. The summed E-state index contributed by atoms with van der Waals surface area (Å²) in [4.78, 5) is 16.8. The monoisotopic (exact) mass is 347 g/mol. The highest BCUT2D eigenvalue weighted by atomic mass is 16.7. The van der Waals surface area contributed by atoms with Crippen molar-refractivity contribution >= 4 is 22.6 Å². The minimum Gasteiger partial charge on any atom is -0.454 e. The topological polar surface area (TPSA) is 90.6 Å². The Labute approximate surface area is 147 Å². The third-order valence-corrected chi connectivity index (χ3v) is 4.29. The Morgan fingerprint density at radius 1 is 1.15 bits per heavy atom. The number of rotatable bonds is 3. The number of amides is 1. The lowest BCUT2D eigenvalue weighted by atomic mass is 10.1. The smallest absolute Gasteiger partial charge is 0.255 e. The number of fused-ring (bicyclic) bond motifs is 4. The zero-order valence-electron chi connectivity index (χ0n) is 13.5. The average Bonchev–Trinajstić information content (AvgIpc) is 3.34. The number of nitrogens with zero attached hydrogens (tertiary/aromatic N) is 4. The van der Waals surface area contributed by atoms with Crippen molar-refractivity contribution in [1.82, 2.24) is 24.9 Å². The molecule has 4 aromatic rings. The highest BCUT2D eigenvalue weighted by Gasteiger charge is 2.14. The highest BCUT2D eigenvalue weighted by Crippen LogP contribution is 2.32. The molecular formula is C18H13N5O3. The summed E-state index contributed by atoms with van der Waals surface area (Å²) in [5.74, 6) is 1.75. The van der Waals surface area contributed by atoms with Crippen LogP contribution >= 0.6 is 0 Å². The zero-order chi connectivity index (χ0) is 17.5. The molecule has 0 aliphatic carbocycles. The van der Waals surface area contributed by atoms with Gasteiger partial charge in [0.15, 0.2) is 11.5 Å². The number of carbonyl (C=O) groups excluding carboxylic acids is 1. The summed E-state index contributed by atoms with van der Waals surface area (Å²) in [7, 11) is 0. The molecule has 2 aromatic carbocycles. The Bertz CT molecular complexity index is 1150. The van der Waals surface area contributed by atoms with Gasteiger partial charge in [-0.05, 0) is 29.8 Å². The van der Waals surface area contributed by atoms with Crippen LogP contribution in [0.1, 0.15) is 15.9 Å². The molecule has 128 valence electrons. The number of ether oxygens (including phenoxy) is 2. The second-order valence-electron chi connectivity index (χ2n) is 5.90. The maximum absolute atomic E-state index is 12.5. The van der Waals surface area contributed by atoms with Crippen LogP contribution in [0.25, 0.3) is 16.7 Å². The predicted octanol–water partition coefficient (Wildman–Crippen LogP) is 1.94. The average molecular weight is 347 g/mol. The van der Waals surface area contributed by atoms with Gasteiger partial charge in [0.1, 0.15) is 6.33 Å². The number of aromatic nitrogens is 4. The molecule has 5 rings (SSSR count). The van der Waals surface area contributed by atoms with Crippen LogP contribution in [0.15, 0.2) is 48.9 Å². The van der Waals surface area contributed by atoms with Gasteiger partial charge in [0.25, 0.3) is 11.7 Å². The van der Waals surface area contributed by atoms with Gasteiger partial charge in [-0.25, -0.2) is 4.98 Å². The van der Waals surface area contributed by atoms with E-state index in [0.29, 0.717) is 23.6 Å². The molecule has 8 nitrogen and oxygen atoms in total. The van der Waals surface area contributed by atoms with Gasteiger partial charge in [0.05, 0.1) is 5.52 Å². The summed E-state index contributed by atoms with van der Waals surface area (Å²) in [6, 6.07) is 11.1. The normalized spacial score (nSPS) is 12.6. The maximum Gasteiger partial charge on any atom is 0.255 e. The maximum atomic E-state index is 12.5. The van der Waals surface area contributed by atoms with Crippen LogP contribution in [0.5, 0.6) is 11.5 Å². The van der Waals surface area contributed by atoms with E-state index in [9.17, 15) is 4.79 Å². The second kappa shape index (κ2) is 5.69. The first kappa shape index (κ1) is 14.6. The molecule has 0 fully saturated rings. The molecule has 3 heterocycles. The summed E-state index contributed by atoms with van der Waals surface area (Å²) < 4.78 is 12.4. The Morgan fingerprint density at radius 2 is 2.08 bits per heavy atom. The first-order valence-electron chi connectivity index (χ1n) is 8.03. The van der Waals surface area contributed by atoms with E-state index in [1.807, 2.05) is 30.3 Å². The largest absolute Gasteiger partial charge is 0.454 e. The van der Waals surface area contributed by atoms with E-state index < -0.39 is 0 Å². The quantitative estimate of drug-likeness (QED) is 0.609. The Hall–Kier alpha value is -3.68. The molecule has 0 bridgehead atoms. The number of hydrogen-bond acceptors (Lipinski definition) is 6. The van der Waals surface area contributed by atoms with Crippen LogP contribution in [-0.2, 0) is 6.54 Å². The highest BCUT2D eigenvalue weighted by molar-refractivity contribution is 5.98. The molecule has 8 heteroatoms. The lowest BCUT2D eigenvalue weighted by Crippen LogP contribution is -2.22. The van der Waals surface area contributed by atoms with Gasteiger partial charge in [-0.1, -0.05) is 12.1 Å². The minimum atomic E-state index is -0.164. The van der Waals surface area contributed by atoms with E-state index in [1.165, 1.54) is 0 Å². The van der Waals surface area contributed by atoms with Crippen molar-refractivity contribution in [3.05, 3.63) is 60.0 Å². The summed E-state index contributed by atoms with van der Waals surface area (Å²) in [6.07, 6.45) is 3.30. The molecule has 0 saturated heterocycles. The number of carbonyl (C=O) groups is 1. The van der Waals surface area contributed by atoms with E-state index in [0.717, 1.165) is 22.2 Å². The van der Waals surface area contributed by atoms with E-state index in [1.54, 1.807) is 23.0 Å². The van der Waals surface area contributed by atoms with Crippen LogP contribution in [-0.4, -0.2) is 32.3 Å². The van der Waals surface area contributed by atoms with Gasteiger partial charge in [0, 0.05) is 23.7 Å². The standard InChI is InChI=1S/C18H13N5O3/c24-17(19-7-11-1-4-15-16(5-11)26-10-25-15)12-2-3-13-8-20-18-22-21-9-23(18)14(13)6-12/h1-6,8-9H,7,10H2,(H,19,24). The first-order chi connectivity index (χ1) is 12.8. The molecular weight excluding hydrogens is 334 g/mol. The minimum absolute atomic E-state index is 0.164. The third-order valence-electron chi connectivity index (χ3n) is 4.29. The van der Waals surface area contributed by atoms with Crippen molar-refractivity contribution in [2.45, 2.75) is 6.54 Å². The third kappa shape index (κ3) is 2.39. The fourth-order valence-corrected chi connectivity index (χ4v) is 2.95. The van der Waals surface area contributed by atoms with E-state index in [2.05, 4.69) is 20.5 Å². The van der Waals surface area contributed by atoms with Crippen molar-refractivity contribution in [1.29, 1.82) is 0 Å². The van der Waals surface area contributed by atoms with Crippen LogP contribution in [0.4, 0.5) is 0 Å². The van der Waals surface area contributed by atoms with E-state index in [-0.39, 0.29) is 12.7 Å². The van der Waals surface area contributed by atoms with Crippen molar-refractivity contribution < 1.29 is 14.3 Å². The van der Waals surface area contributed by atoms with Crippen molar-refractivity contribution in [2.24, 2.45) is 0 Å². The second-order valence-corrected chi connectivity index (χ2v) is 5.90. The molecule has 2 aromatic heterocycles. The lowest BCUT2D eigenvalue weighted by Gasteiger charge is -2.08. The van der Waals surface area contributed by atoms with Crippen molar-refractivity contribution in [3.63, 3.8) is 0 Å². The van der Waals surface area contributed by atoms with Crippen molar-refractivity contribution in [2.75, 3.05) is 6.79 Å². The molecule has 0 atom stereocenters. The zero-order valence-corrected chi connectivity index (χ0v) is 13.5. The molecule has 0 radical (unpaired) electrons. The van der Waals surface area contributed by atoms with Gasteiger partial charge < -0.3 is 14.8 Å². The summed E-state index contributed by atoms with van der Waals surface area (Å²) in [6.45, 7) is 0.626. The van der Waals surface area contributed by atoms with Gasteiger partial charge in [-0.2, -0.15) is 0 Å². The molecule has 0 spiro atoms.